The van der Waals surface area contributed by atoms with Crippen molar-refractivity contribution in [1.82, 2.24) is 9.97 Å². The highest BCUT2D eigenvalue weighted by Crippen LogP contribution is 2.11. The molecule has 0 saturated carbocycles. The van der Waals surface area contributed by atoms with Gasteiger partial charge in [0.1, 0.15) is 17.5 Å². The standard InChI is InChI=1S/C14H14F2N2O/c1-3-12-8(2)17-13(18-14(12)19)6-9-4-10(15)7-11(16)5-9/h4-5,7H,3,6H2,1-2H3,(H,17,18,19). The van der Waals surface area contributed by atoms with Crippen LogP contribution in [0.2, 0.25) is 0 Å². The zero-order chi connectivity index (χ0) is 14.0. The van der Waals surface area contributed by atoms with E-state index in [0.717, 1.165) is 6.07 Å². The molecule has 0 radical (unpaired) electrons. The number of aromatic nitrogens is 2. The molecule has 0 unspecified atom stereocenters. The summed E-state index contributed by atoms with van der Waals surface area (Å²) in [5.74, 6) is -0.872. The predicted octanol–water partition coefficient (Wildman–Crippen LogP) is 2.51. The van der Waals surface area contributed by atoms with Crippen LogP contribution in [0, 0.1) is 18.6 Å². The number of aryl methyl sites for hydroxylation is 1. The minimum Gasteiger partial charge on any atom is -0.310 e. The van der Waals surface area contributed by atoms with Crippen molar-refractivity contribution in [3.05, 3.63) is 62.8 Å². The fraction of sp³-hybridized carbons (Fsp3) is 0.286. The van der Waals surface area contributed by atoms with Gasteiger partial charge in [-0.05, 0) is 31.0 Å². The third kappa shape index (κ3) is 3.05. The van der Waals surface area contributed by atoms with Crippen molar-refractivity contribution in [2.75, 3.05) is 0 Å². The van der Waals surface area contributed by atoms with E-state index in [0.29, 0.717) is 29.1 Å². The van der Waals surface area contributed by atoms with Gasteiger partial charge in [0, 0.05) is 23.7 Å². The summed E-state index contributed by atoms with van der Waals surface area (Å²) in [6.07, 6.45) is 0.789. The molecule has 0 bridgehead atoms. The average Bonchev–Trinajstić information content (AvgIpc) is 2.26. The van der Waals surface area contributed by atoms with Crippen LogP contribution in [0.5, 0.6) is 0 Å². The van der Waals surface area contributed by atoms with Crippen molar-refractivity contribution in [2.45, 2.75) is 26.7 Å². The minimum absolute atomic E-state index is 0.189. The molecule has 3 nitrogen and oxygen atoms in total. The summed E-state index contributed by atoms with van der Waals surface area (Å²) in [5, 5.41) is 0. The van der Waals surface area contributed by atoms with Crippen LogP contribution >= 0.6 is 0 Å². The van der Waals surface area contributed by atoms with Gasteiger partial charge in [-0.25, -0.2) is 13.8 Å². The van der Waals surface area contributed by atoms with E-state index in [1.165, 1.54) is 12.1 Å². The maximum Gasteiger partial charge on any atom is 0.254 e. The molecule has 5 heteroatoms. The quantitative estimate of drug-likeness (QED) is 0.925. The smallest absolute Gasteiger partial charge is 0.254 e. The largest absolute Gasteiger partial charge is 0.310 e. The molecule has 1 heterocycles. The van der Waals surface area contributed by atoms with Gasteiger partial charge in [-0.15, -0.1) is 0 Å². The Morgan fingerprint density at radius 3 is 2.37 bits per heavy atom. The molecule has 0 amide bonds. The molecular formula is C14H14F2N2O. The van der Waals surface area contributed by atoms with E-state index in [-0.39, 0.29) is 12.0 Å². The molecule has 1 aromatic heterocycles. The minimum atomic E-state index is -0.640. The number of benzene rings is 1. The van der Waals surface area contributed by atoms with Crippen LogP contribution < -0.4 is 5.56 Å². The molecule has 0 spiro atoms. The summed E-state index contributed by atoms with van der Waals surface area (Å²) >= 11 is 0. The number of nitrogens with zero attached hydrogens (tertiary/aromatic N) is 1. The Morgan fingerprint density at radius 2 is 1.84 bits per heavy atom. The summed E-state index contributed by atoms with van der Waals surface area (Å²) in [4.78, 5) is 18.7. The number of rotatable bonds is 3. The van der Waals surface area contributed by atoms with Crippen molar-refractivity contribution < 1.29 is 8.78 Å². The van der Waals surface area contributed by atoms with Gasteiger partial charge in [0.05, 0.1) is 0 Å². The first-order valence-corrected chi connectivity index (χ1v) is 6.03. The average molecular weight is 264 g/mol. The summed E-state index contributed by atoms with van der Waals surface area (Å²) < 4.78 is 26.2. The van der Waals surface area contributed by atoms with Gasteiger partial charge < -0.3 is 4.98 Å². The second-order valence-electron chi connectivity index (χ2n) is 4.38. The van der Waals surface area contributed by atoms with Gasteiger partial charge in [0.15, 0.2) is 0 Å². The van der Waals surface area contributed by atoms with E-state index in [4.69, 9.17) is 0 Å². The van der Waals surface area contributed by atoms with Crippen molar-refractivity contribution in [3.63, 3.8) is 0 Å². The number of nitrogens with one attached hydrogen (secondary N) is 1. The van der Waals surface area contributed by atoms with Gasteiger partial charge >= 0.3 is 0 Å². The first kappa shape index (κ1) is 13.4. The van der Waals surface area contributed by atoms with Crippen LogP contribution in [0.15, 0.2) is 23.0 Å². The Morgan fingerprint density at radius 1 is 1.21 bits per heavy atom. The third-order valence-electron chi connectivity index (χ3n) is 2.92. The Hall–Kier alpha value is -2.04. The molecule has 0 fully saturated rings. The van der Waals surface area contributed by atoms with Crippen molar-refractivity contribution in [1.29, 1.82) is 0 Å². The molecule has 2 rings (SSSR count). The van der Waals surface area contributed by atoms with Crippen LogP contribution in [0.1, 0.15) is 29.6 Å². The molecule has 0 aliphatic heterocycles. The van der Waals surface area contributed by atoms with Crippen LogP contribution in [-0.2, 0) is 12.8 Å². The Labute approximate surface area is 109 Å². The van der Waals surface area contributed by atoms with Crippen molar-refractivity contribution in [3.8, 4) is 0 Å². The van der Waals surface area contributed by atoms with Crippen LogP contribution in [0.3, 0.4) is 0 Å². The van der Waals surface area contributed by atoms with E-state index < -0.39 is 11.6 Å². The second kappa shape index (κ2) is 5.30. The van der Waals surface area contributed by atoms with Gasteiger partial charge in [-0.2, -0.15) is 0 Å². The van der Waals surface area contributed by atoms with Crippen molar-refractivity contribution in [2.24, 2.45) is 0 Å². The van der Waals surface area contributed by atoms with E-state index in [9.17, 15) is 13.6 Å². The number of halogens is 2. The number of hydrogen-bond acceptors (Lipinski definition) is 2. The second-order valence-corrected chi connectivity index (χ2v) is 4.38. The predicted molar refractivity (Wildman–Crippen MR) is 68.1 cm³/mol. The highest BCUT2D eigenvalue weighted by Gasteiger charge is 2.08. The maximum atomic E-state index is 13.1. The lowest BCUT2D eigenvalue weighted by molar-refractivity contribution is 0.580. The van der Waals surface area contributed by atoms with E-state index in [1.807, 2.05) is 6.92 Å². The highest BCUT2D eigenvalue weighted by molar-refractivity contribution is 5.23. The first-order chi connectivity index (χ1) is 8.99. The Bertz CT molecular complexity index is 645. The zero-order valence-corrected chi connectivity index (χ0v) is 10.8. The van der Waals surface area contributed by atoms with E-state index >= 15 is 0 Å². The SMILES string of the molecule is CCc1c(C)nc(Cc2cc(F)cc(F)c2)[nH]c1=O. The van der Waals surface area contributed by atoms with Gasteiger partial charge in [0.2, 0.25) is 0 Å². The lowest BCUT2D eigenvalue weighted by Gasteiger charge is -2.06. The molecule has 0 saturated heterocycles. The fourth-order valence-corrected chi connectivity index (χ4v) is 2.08. The first-order valence-electron chi connectivity index (χ1n) is 6.03. The molecular weight excluding hydrogens is 250 g/mol. The molecule has 1 aromatic carbocycles. The normalized spacial score (nSPS) is 10.7. The summed E-state index contributed by atoms with van der Waals surface area (Å²) in [5.41, 5.74) is 1.53. The topological polar surface area (TPSA) is 45.8 Å². The van der Waals surface area contributed by atoms with E-state index in [2.05, 4.69) is 9.97 Å². The lowest BCUT2D eigenvalue weighted by atomic mass is 10.1. The molecule has 0 atom stereocenters. The molecule has 0 aliphatic rings. The number of hydrogen-bond donors (Lipinski definition) is 1. The van der Waals surface area contributed by atoms with Gasteiger partial charge in [0.25, 0.3) is 5.56 Å². The molecule has 1 N–H and O–H groups in total. The molecule has 2 aromatic rings. The third-order valence-corrected chi connectivity index (χ3v) is 2.92. The monoisotopic (exact) mass is 264 g/mol. The molecule has 0 aliphatic carbocycles. The van der Waals surface area contributed by atoms with Gasteiger partial charge in [-0.3, -0.25) is 4.79 Å². The fourth-order valence-electron chi connectivity index (χ4n) is 2.08. The van der Waals surface area contributed by atoms with E-state index in [1.54, 1.807) is 6.92 Å². The van der Waals surface area contributed by atoms with Crippen LogP contribution in [0.4, 0.5) is 8.78 Å². The Balaban J connectivity index is 2.36. The zero-order valence-electron chi connectivity index (χ0n) is 10.8. The summed E-state index contributed by atoms with van der Waals surface area (Å²) in [7, 11) is 0. The van der Waals surface area contributed by atoms with Crippen LogP contribution in [0.25, 0.3) is 0 Å². The summed E-state index contributed by atoms with van der Waals surface area (Å²) in [6, 6.07) is 3.27. The maximum absolute atomic E-state index is 13.1. The Kier molecular flexibility index (Phi) is 3.74. The molecule has 19 heavy (non-hydrogen) atoms. The van der Waals surface area contributed by atoms with Crippen molar-refractivity contribution >= 4 is 0 Å². The lowest BCUT2D eigenvalue weighted by Crippen LogP contribution is -2.18. The van der Waals surface area contributed by atoms with Gasteiger partial charge in [-0.1, -0.05) is 6.92 Å². The summed E-state index contributed by atoms with van der Waals surface area (Å²) in [6.45, 7) is 3.63. The highest BCUT2D eigenvalue weighted by atomic mass is 19.1. The molecule has 100 valence electrons. The number of aromatic amines is 1. The number of H-pyrrole nitrogens is 1. The van der Waals surface area contributed by atoms with Crippen LogP contribution in [-0.4, -0.2) is 9.97 Å².